The van der Waals surface area contributed by atoms with Crippen molar-refractivity contribution >= 4 is 17.3 Å². The van der Waals surface area contributed by atoms with Crippen LogP contribution in [0.4, 0.5) is 11.4 Å². The number of esters is 1. The zero-order valence-corrected chi connectivity index (χ0v) is 13.5. The van der Waals surface area contributed by atoms with Crippen molar-refractivity contribution in [1.29, 1.82) is 0 Å². The number of methoxy groups -OCH3 is 1. The van der Waals surface area contributed by atoms with Gasteiger partial charge in [-0.15, -0.1) is 0 Å². The molecule has 0 amide bonds. The molecule has 1 aromatic carbocycles. The van der Waals surface area contributed by atoms with Gasteiger partial charge in [-0.05, 0) is 43.9 Å². The number of nitrogens with two attached hydrogens (primary N) is 1. The van der Waals surface area contributed by atoms with Gasteiger partial charge in [0.05, 0.1) is 18.3 Å². The number of anilines is 2. The molecule has 0 aliphatic heterocycles. The highest BCUT2D eigenvalue weighted by Crippen LogP contribution is 2.25. The normalized spacial score (nSPS) is 13.9. The average molecular weight is 294 g/mol. The van der Waals surface area contributed by atoms with Crippen LogP contribution in [0.15, 0.2) is 12.1 Å². The first-order valence-corrected chi connectivity index (χ1v) is 7.11. The van der Waals surface area contributed by atoms with E-state index in [0.717, 1.165) is 11.3 Å². The molecule has 0 radical (unpaired) electrons. The molecule has 1 rings (SSSR count). The molecule has 0 heterocycles. The molecule has 118 valence electrons. The number of carbonyl (C=O) groups excluding carboxylic acids is 1. The van der Waals surface area contributed by atoms with E-state index >= 15 is 0 Å². The molecule has 4 N–H and O–H groups in total. The van der Waals surface area contributed by atoms with Gasteiger partial charge in [0.25, 0.3) is 0 Å². The molecule has 0 saturated carbocycles. The molecule has 0 saturated heterocycles. The summed E-state index contributed by atoms with van der Waals surface area (Å²) in [7, 11) is 1.32. The smallest absolute Gasteiger partial charge is 0.340 e. The van der Waals surface area contributed by atoms with Crippen LogP contribution in [0.3, 0.4) is 0 Å². The van der Waals surface area contributed by atoms with Crippen molar-refractivity contribution in [2.45, 2.75) is 39.7 Å². The fourth-order valence-corrected chi connectivity index (χ4v) is 2.42. The summed E-state index contributed by atoms with van der Waals surface area (Å²) in [5.41, 5.74) is 7.38. The quantitative estimate of drug-likeness (QED) is 0.554. The maximum Gasteiger partial charge on any atom is 0.340 e. The summed E-state index contributed by atoms with van der Waals surface area (Å²) in [5, 5.41) is 13.5. The summed E-state index contributed by atoms with van der Waals surface area (Å²) in [6.45, 7) is 8.16. The summed E-state index contributed by atoms with van der Waals surface area (Å²) < 4.78 is 4.73. The van der Waals surface area contributed by atoms with E-state index in [1.807, 2.05) is 13.0 Å². The molecule has 5 nitrogen and oxygen atoms in total. The average Bonchev–Trinajstić information content (AvgIpc) is 2.37. The SMILES string of the molecule is COC(=O)c1cc(NCC(C)(O)CC(C)C)cc(C)c1N. The molecule has 1 atom stereocenters. The van der Waals surface area contributed by atoms with Crippen molar-refractivity contribution in [3.8, 4) is 0 Å². The summed E-state index contributed by atoms with van der Waals surface area (Å²) >= 11 is 0. The van der Waals surface area contributed by atoms with Gasteiger partial charge in [-0.3, -0.25) is 0 Å². The number of nitrogens with one attached hydrogen (secondary N) is 1. The van der Waals surface area contributed by atoms with Crippen molar-refractivity contribution in [2.75, 3.05) is 24.7 Å². The molecule has 0 spiro atoms. The van der Waals surface area contributed by atoms with E-state index in [1.54, 1.807) is 13.0 Å². The second-order valence-corrected chi connectivity index (χ2v) is 6.19. The number of aryl methyl sites for hydroxylation is 1. The third kappa shape index (κ3) is 4.93. The number of aliphatic hydroxyl groups is 1. The molecule has 0 aliphatic carbocycles. The van der Waals surface area contributed by atoms with E-state index < -0.39 is 11.6 Å². The van der Waals surface area contributed by atoms with Gasteiger partial charge in [0, 0.05) is 17.9 Å². The van der Waals surface area contributed by atoms with E-state index in [2.05, 4.69) is 19.2 Å². The number of hydrogen-bond acceptors (Lipinski definition) is 5. The van der Waals surface area contributed by atoms with Crippen LogP contribution in [0.25, 0.3) is 0 Å². The second-order valence-electron chi connectivity index (χ2n) is 6.19. The highest BCUT2D eigenvalue weighted by atomic mass is 16.5. The van der Waals surface area contributed by atoms with Gasteiger partial charge < -0.3 is 20.9 Å². The summed E-state index contributed by atoms with van der Waals surface area (Å²) in [6.07, 6.45) is 0.692. The maximum absolute atomic E-state index is 11.7. The van der Waals surface area contributed by atoms with Gasteiger partial charge in [0.15, 0.2) is 0 Å². The fraction of sp³-hybridized carbons (Fsp3) is 0.562. The molecule has 0 aliphatic rings. The van der Waals surface area contributed by atoms with Gasteiger partial charge in [-0.25, -0.2) is 4.79 Å². The third-order valence-electron chi connectivity index (χ3n) is 3.31. The van der Waals surface area contributed by atoms with Crippen LogP contribution >= 0.6 is 0 Å². The molecular weight excluding hydrogens is 268 g/mol. The lowest BCUT2D eigenvalue weighted by Crippen LogP contribution is -2.35. The Labute approximate surface area is 126 Å². The fourth-order valence-electron chi connectivity index (χ4n) is 2.42. The minimum Gasteiger partial charge on any atom is -0.465 e. The Morgan fingerprint density at radius 2 is 2.10 bits per heavy atom. The highest BCUT2D eigenvalue weighted by molar-refractivity contribution is 5.97. The van der Waals surface area contributed by atoms with Crippen LogP contribution in [-0.2, 0) is 4.74 Å². The van der Waals surface area contributed by atoms with Crippen molar-refractivity contribution in [3.63, 3.8) is 0 Å². The summed E-state index contributed by atoms with van der Waals surface area (Å²) in [6, 6.07) is 3.51. The first-order chi connectivity index (χ1) is 9.66. The largest absolute Gasteiger partial charge is 0.465 e. The van der Waals surface area contributed by atoms with Gasteiger partial charge in [0.1, 0.15) is 0 Å². The Balaban J connectivity index is 2.90. The number of rotatable bonds is 6. The molecule has 1 unspecified atom stereocenters. The lowest BCUT2D eigenvalue weighted by atomic mass is 9.94. The molecule has 0 aromatic heterocycles. The summed E-state index contributed by atoms with van der Waals surface area (Å²) in [4.78, 5) is 11.7. The van der Waals surface area contributed by atoms with Gasteiger partial charge in [0.2, 0.25) is 0 Å². The van der Waals surface area contributed by atoms with Crippen LogP contribution in [0, 0.1) is 12.8 Å². The molecule has 21 heavy (non-hydrogen) atoms. The minimum absolute atomic E-state index is 0.337. The number of nitrogen functional groups attached to an aromatic ring is 1. The maximum atomic E-state index is 11.7. The predicted molar refractivity (Wildman–Crippen MR) is 85.5 cm³/mol. The van der Waals surface area contributed by atoms with Crippen LogP contribution in [0.5, 0.6) is 0 Å². The zero-order valence-electron chi connectivity index (χ0n) is 13.5. The number of benzene rings is 1. The van der Waals surface area contributed by atoms with E-state index in [-0.39, 0.29) is 0 Å². The minimum atomic E-state index is -0.811. The van der Waals surface area contributed by atoms with Crippen LogP contribution in [0.2, 0.25) is 0 Å². The number of ether oxygens (including phenoxy) is 1. The topological polar surface area (TPSA) is 84.6 Å². The molecule has 0 fully saturated rings. The van der Waals surface area contributed by atoms with Crippen molar-refractivity contribution < 1.29 is 14.6 Å². The molecular formula is C16H26N2O3. The molecule has 5 heteroatoms. The Kier molecular flexibility index (Phi) is 5.61. The zero-order chi connectivity index (χ0) is 16.2. The Morgan fingerprint density at radius 3 is 2.62 bits per heavy atom. The number of hydrogen-bond donors (Lipinski definition) is 3. The Morgan fingerprint density at radius 1 is 1.48 bits per heavy atom. The monoisotopic (exact) mass is 294 g/mol. The molecule has 1 aromatic rings. The van der Waals surface area contributed by atoms with Crippen LogP contribution in [-0.4, -0.2) is 30.3 Å². The first-order valence-electron chi connectivity index (χ1n) is 7.11. The highest BCUT2D eigenvalue weighted by Gasteiger charge is 2.22. The lowest BCUT2D eigenvalue weighted by molar-refractivity contribution is 0.0515. The third-order valence-corrected chi connectivity index (χ3v) is 3.31. The van der Waals surface area contributed by atoms with Gasteiger partial charge >= 0.3 is 5.97 Å². The standard InChI is InChI=1S/C16H26N2O3/c1-10(2)8-16(4,20)9-18-12-6-11(3)14(17)13(7-12)15(19)21-5/h6-7,10,18,20H,8-9,17H2,1-5H3. The van der Waals surface area contributed by atoms with E-state index in [1.165, 1.54) is 7.11 Å². The van der Waals surface area contributed by atoms with Gasteiger partial charge in [-0.1, -0.05) is 13.8 Å². The second kappa shape index (κ2) is 6.80. The van der Waals surface area contributed by atoms with Crippen molar-refractivity contribution in [2.24, 2.45) is 5.92 Å². The van der Waals surface area contributed by atoms with Crippen LogP contribution < -0.4 is 11.1 Å². The Hall–Kier alpha value is -1.75. The summed E-state index contributed by atoms with van der Waals surface area (Å²) in [5.74, 6) is -0.0613. The Bertz CT molecular complexity index is 510. The number of carbonyl (C=O) groups is 1. The first kappa shape index (κ1) is 17.3. The van der Waals surface area contributed by atoms with Crippen molar-refractivity contribution in [3.05, 3.63) is 23.3 Å². The lowest BCUT2D eigenvalue weighted by Gasteiger charge is -2.26. The van der Waals surface area contributed by atoms with E-state index in [9.17, 15) is 9.90 Å². The van der Waals surface area contributed by atoms with Crippen LogP contribution in [0.1, 0.15) is 43.1 Å². The predicted octanol–water partition coefficient (Wildman–Crippen LogP) is 2.57. The van der Waals surface area contributed by atoms with Crippen molar-refractivity contribution in [1.82, 2.24) is 0 Å². The van der Waals surface area contributed by atoms with E-state index in [0.29, 0.717) is 30.1 Å². The van der Waals surface area contributed by atoms with Gasteiger partial charge in [-0.2, -0.15) is 0 Å². The molecule has 0 bridgehead atoms. The van der Waals surface area contributed by atoms with E-state index in [4.69, 9.17) is 10.5 Å².